The van der Waals surface area contributed by atoms with E-state index in [1.54, 1.807) is 6.07 Å². The second-order valence-corrected chi connectivity index (χ2v) is 10.00. The quantitative estimate of drug-likeness (QED) is 0.668. The Hall–Kier alpha value is -2.17. The SMILES string of the molecule is CC[C@@H]1CCCCN1C(=O)CN1C(=O)COc2ccc(S(=O)(=O)N3CCOCC3)cc21. The summed E-state index contributed by atoms with van der Waals surface area (Å²) in [6.07, 6.45) is 3.90. The highest BCUT2D eigenvalue weighted by Gasteiger charge is 2.34. The summed E-state index contributed by atoms with van der Waals surface area (Å²) in [6.45, 7) is 3.72. The Morgan fingerprint density at radius 3 is 2.68 bits per heavy atom. The predicted octanol–water partition coefficient (Wildman–Crippen LogP) is 1.22. The van der Waals surface area contributed by atoms with E-state index in [2.05, 4.69) is 6.92 Å². The fourth-order valence-electron chi connectivity index (χ4n) is 4.43. The minimum absolute atomic E-state index is 0.0771. The van der Waals surface area contributed by atoms with Gasteiger partial charge in [0.25, 0.3) is 5.91 Å². The molecule has 0 unspecified atom stereocenters. The van der Waals surface area contributed by atoms with Crippen LogP contribution in [0.1, 0.15) is 32.6 Å². The van der Waals surface area contributed by atoms with Gasteiger partial charge in [-0.25, -0.2) is 8.42 Å². The summed E-state index contributed by atoms with van der Waals surface area (Å²) in [6, 6.07) is 4.67. The van der Waals surface area contributed by atoms with E-state index < -0.39 is 10.0 Å². The van der Waals surface area contributed by atoms with Gasteiger partial charge < -0.3 is 14.4 Å². The predicted molar refractivity (Wildman–Crippen MR) is 114 cm³/mol. The number of carbonyl (C=O) groups excluding carboxylic acids is 2. The zero-order valence-electron chi connectivity index (χ0n) is 17.8. The van der Waals surface area contributed by atoms with Crippen LogP contribution in [-0.2, 0) is 24.3 Å². The summed E-state index contributed by atoms with van der Waals surface area (Å²) >= 11 is 0. The topological polar surface area (TPSA) is 96.5 Å². The summed E-state index contributed by atoms with van der Waals surface area (Å²) in [5, 5.41) is 0. The fraction of sp³-hybridized carbons (Fsp3) is 0.619. The summed E-state index contributed by atoms with van der Waals surface area (Å²) in [7, 11) is -3.73. The molecule has 0 N–H and O–H groups in total. The van der Waals surface area contributed by atoms with Crippen LogP contribution >= 0.6 is 0 Å². The Bertz CT molecular complexity index is 944. The van der Waals surface area contributed by atoms with Gasteiger partial charge in [-0.2, -0.15) is 4.31 Å². The van der Waals surface area contributed by atoms with Gasteiger partial charge in [-0.3, -0.25) is 14.5 Å². The molecule has 0 radical (unpaired) electrons. The number of nitrogens with zero attached hydrogens (tertiary/aromatic N) is 3. The molecule has 3 aliphatic rings. The second kappa shape index (κ2) is 9.13. The monoisotopic (exact) mass is 451 g/mol. The molecule has 170 valence electrons. The molecule has 1 aromatic rings. The Morgan fingerprint density at radius 2 is 1.94 bits per heavy atom. The highest BCUT2D eigenvalue weighted by Crippen LogP contribution is 2.35. The van der Waals surface area contributed by atoms with Crippen LogP contribution in [-0.4, -0.2) is 81.5 Å². The standard InChI is InChI=1S/C21H29N3O6S/c1-2-16-5-3-4-8-23(16)20(25)14-24-18-13-17(6-7-19(18)30-15-21(24)26)31(27,28)22-9-11-29-12-10-22/h6-7,13,16H,2-5,8-12,14-15H2,1H3/t16-/m1/s1. The van der Waals surface area contributed by atoms with E-state index in [1.165, 1.54) is 21.3 Å². The van der Waals surface area contributed by atoms with Gasteiger partial charge in [0.2, 0.25) is 15.9 Å². The highest BCUT2D eigenvalue weighted by molar-refractivity contribution is 7.89. The summed E-state index contributed by atoms with van der Waals surface area (Å²) in [5.41, 5.74) is 0.323. The molecule has 10 heteroatoms. The van der Waals surface area contributed by atoms with E-state index in [0.717, 1.165) is 25.7 Å². The molecule has 0 saturated carbocycles. The summed E-state index contributed by atoms with van der Waals surface area (Å²) < 4.78 is 38.3. The lowest BCUT2D eigenvalue weighted by Crippen LogP contribution is -2.50. The van der Waals surface area contributed by atoms with Crippen molar-refractivity contribution in [2.24, 2.45) is 0 Å². The average molecular weight is 452 g/mol. The van der Waals surface area contributed by atoms with E-state index in [4.69, 9.17) is 9.47 Å². The number of carbonyl (C=O) groups is 2. The number of hydrogen-bond donors (Lipinski definition) is 0. The number of fused-ring (bicyclic) bond motifs is 1. The number of morpholine rings is 1. The van der Waals surface area contributed by atoms with Gasteiger partial charge in [-0.15, -0.1) is 0 Å². The number of amides is 2. The van der Waals surface area contributed by atoms with Crippen molar-refractivity contribution in [2.45, 2.75) is 43.5 Å². The molecule has 31 heavy (non-hydrogen) atoms. The zero-order chi connectivity index (χ0) is 22.0. The van der Waals surface area contributed by atoms with E-state index in [0.29, 0.717) is 31.2 Å². The van der Waals surface area contributed by atoms with Crippen molar-refractivity contribution >= 4 is 27.5 Å². The van der Waals surface area contributed by atoms with Crippen LogP contribution in [0.5, 0.6) is 5.75 Å². The van der Waals surface area contributed by atoms with Crippen LogP contribution in [0.15, 0.2) is 23.1 Å². The van der Waals surface area contributed by atoms with E-state index in [1.807, 2.05) is 4.90 Å². The van der Waals surface area contributed by atoms with Crippen molar-refractivity contribution in [1.29, 1.82) is 0 Å². The smallest absolute Gasteiger partial charge is 0.265 e. The van der Waals surface area contributed by atoms with Crippen molar-refractivity contribution in [3.05, 3.63) is 18.2 Å². The molecule has 0 aromatic heterocycles. The second-order valence-electron chi connectivity index (χ2n) is 8.06. The van der Waals surface area contributed by atoms with Crippen molar-refractivity contribution in [2.75, 3.05) is 50.9 Å². The minimum atomic E-state index is -3.73. The fourth-order valence-corrected chi connectivity index (χ4v) is 5.86. The van der Waals surface area contributed by atoms with Gasteiger partial charge in [-0.05, 0) is 43.9 Å². The maximum atomic E-state index is 13.1. The largest absolute Gasteiger partial charge is 0.482 e. The number of likely N-dealkylation sites (tertiary alicyclic amines) is 1. The van der Waals surface area contributed by atoms with Gasteiger partial charge in [0, 0.05) is 25.7 Å². The van der Waals surface area contributed by atoms with E-state index in [-0.39, 0.29) is 49.0 Å². The number of piperidine rings is 1. The third-order valence-electron chi connectivity index (χ3n) is 6.19. The Balaban J connectivity index is 1.60. The molecular weight excluding hydrogens is 422 g/mol. The maximum absolute atomic E-state index is 13.1. The molecular formula is C21H29N3O6S. The first kappa shape index (κ1) is 22.0. The molecule has 3 heterocycles. The minimum Gasteiger partial charge on any atom is -0.482 e. The van der Waals surface area contributed by atoms with E-state index >= 15 is 0 Å². The van der Waals surface area contributed by atoms with Crippen molar-refractivity contribution in [1.82, 2.24) is 9.21 Å². The molecule has 4 rings (SSSR count). The maximum Gasteiger partial charge on any atom is 0.265 e. The van der Waals surface area contributed by atoms with Crippen LogP contribution in [0, 0.1) is 0 Å². The Labute approximate surface area is 182 Å². The lowest BCUT2D eigenvalue weighted by atomic mass is 10.00. The third-order valence-corrected chi connectivity index (χ3v) is 8.09. The first-order valence-corrected chi connectivity index (χ1v) is 12.3. The summed E-state index contributed by atoms with van der Waals surface area (Å²) in [5.74, 6) is -0.0694. The van der Waals surface area contributed by atoms with Gasteiger partial charge in [-0.1, -0.05) is 6.92 Å². The molecule has 2 amide bonds. The van der Waals surface area contributed by atoms with Crippen LogP contribution in [0.2, 0.25) is 0 Å². The molecule has 1 atom stereocenters. The molecule has 9 nitrogen and oxygen atoms in total. The van der Waals surface area contributed by atoms with Gasteiger partial charge in [0.15, 0.2) is 6.61 Å². The third kappa shape index (κ3) is 4.42. The molecule has 0 spiro atoms. The molecule has 2 fully saturated rings. The van der Waals surface area contributed by atoms with E-state index in [9.17, 15) is 18.0 Å². The molecule has 0 bridgehead atoms. The molecule has 3 aliphatic heterocycles. The number of ether oxygens (including phenoxy) is 2. The zero-order valence-corrected chi connectivity index (χ0v) is 18.6. The average Bonchev–Trinajstić information content (AvgIpc) is 2.81. The first-order valence-electron chi connectivity index (χ1n) is 10.9. The van der Waals surface area contributed by atoms with Gasteiger partial charge in [0.1, 0.15) is 12.3 Å². The van der Waals surface area contributed by atoms with Crippen molar-refractivity contribution in [3.63, 3.8) is 0 Å². The molecule has 0 aliphatic carbocycles. The summed E-state index contributed by atoms with van der Waals surface area (Å²) in [4.78, 5) is 29.0. The Kier molecular flexibility index (Phi) is 6.49. The lowest BCUT2D eigenvalue weighted by molar-refractivity contribution is -0.135. The number of rotatable bonds is 5. The van der Waals surface area contributed by atoms with Crippen LogP contribution in [0.25, 0.3) is 0 Å². The van der Waals surface area contributed by atoms with Crippen molar-refractivity contribution < 1.29 is 27.5 Å². The van der Waals surface area contributed by atoms with Crippen LogP contribution < -0.4 is 9.64 Å². The molecule has 2 saturated heterocycles. The number of sulfonamides is 1. The highest BCUT2D eigenvalue weighted by atomic mass is 32.2. The van der Waals surface area contributed by atoms with Crippen LogP contribution in [0.3, 0.4) is 0 Å². The normalized spacial score (nSPS) is 22.7. The van der Waals surface area contributed by atoms with Crippen molar-refractivity contribution in [3.8, 4) is 5.75 Å². The lowest BCUT2D eigenvalue weighted by Gasteiger charge is -2.37. The number of benzene rings is 1. The number of anilines is 1. The van der Waals surface area contributed by atoms with Gasteiger partial charge >= 0.3 is 0 Å². The number of hydrogen-bond acceptors (Lipinski definition) is 6. The Morgan fingerprint density at radius 1 is 1.16 bits per heavy atom. The van der Waals surface area contributed by atoms with Crippen LogP contribution in [0.4, 0.5) is 5.69 Å². The molecule has 1 aromatic carbocycles. The first-order chi connectivity index (χ1) is 14.9. The van der Waals surface area contributed by atoms with Gasteiger partial charge in [0.05, 0.1) is 23.8 Å².